The van der Waals surface area contributed by atoms with Crippen LogP contribution in [0.2, 0.25) is 0 Å². The summed E-state index contributed by atoms with van der Waals surface area (Å²) in [6, 6.07) is 10.2. The smallest absolute Gasteiger partial charge is 0.307 e. The molecule has 0 unspecified atom stereocenters. The molecule has 23 heavy (non-hydrogen) atoms. The van der Waals surface area contributed by atoms with E-state index in [1.54, 1.807) is 0 Å². The molecule has 1 aliphatic carbocycles. The van der Waals surface area contributed by atoms with Gasteiger partial charge in [-0.05, 0) is 25.0 Å². The molecule has 1 heterocycles. The Morgan fingerprint density at radius 3 is 2.13 bits per heavy atom. The van der Waals surface area contributed by atoms with E-state index in [4.69, 9.17) is 0 Å². The number of rotatable bonds is 3. The molecule has 2 fully saturated rings. The predicted molar refractivity (Wildman–Crippen MR) is 88.3 cm³/mol. The minimum atomic E-state index is -0.814. The summed E-state index contributed by atoms with van der Waals surface area (Å²) in [7, 11) is 0. The van der Waals surface area contributed by atoms with Crippen LogP contribution in [-0.2, 0) is 9.59 Å². The molecule has 0 aromatic heterocycles. The van der Waals surface area contributed by atoms with Gasteiger partial charge in [-0.1, -0.05) is 31.0 Å². The molecular weight excluding hydrogens is 292 g/mol. The van der Waals surface area contributed by atoms with E-state index < -0.39 is 11.9 Å². The molecule has 1 saturated heterocycles. The van der Waals surface area contributed by atoms with E-state index in [2.05, 4.69) is 17.0 Å². The van der Waals surface area contributed by atoms with Crippen molar-refractivity contribution >= 4 is 17.6 Å². The van der Waals surface area contributed by atoms with Crippen molar-refractivity contribution in [3.8, 4) is 0 Å². The normalized spacial score (nSPS) is 25.2. The summed E-state index contributed by atoms with van der Waals surface area (Å²) in [4.78, 5) is 28.3. The number of anilines is 1. The molecule has 2 atom stereocenters. The summed E-state index contributed by atoms with van der Waals surface area (Å²) in [5.41, 5.74) is 1.18. The van der Waals surface area contributed by atoms with E-state index in [9.17, 15) is 14.7 Å². The van der Waals surface area contributed by atoms with Crippen molar-refractivity contribution in [2.24, 2.45) is 11.8 Å². The van der Waals surface area contributed by atoms with Crippen LogP contribution in [0.15, 0.2) is 30.3 Å². The second-order valence-corrected chi connectivity index (χ2v) is 6.48. The first-order valence-electron chi connectivity index (χ1n) is 8.48. The third kappa shape index (κ3) is 3.49. The molecule has 1 aromatic carbocycles. The maximum Gasteiger partial charge on any atom is 0.307 e. The number of carbonyl (C=O) groups is 2. The molecular formula is C18H24N2O3. The van der Waals surface area contributed by atoms with E-state index in [1.807, 2.05) is 23.1 Å². The van der Waals surface area contributed by atoms with Gasteiger partial charge < -0.3 is 14.9 Å². The van der Waals surface area contributed by atoms with Crippen LogP contribution in [-0.4, -0.2) is 48.1 Å². The summed E-state index contributed by atoms with van der Waals surface area (Å²) in [5.74, 6) is -1.59. The Bertz CT molecular complexity index is 553. The SMILES string of the molecule is O=C(O)[C@H]1CCCC[C@H]1C(=O)N1CCN(c2ccccc2)CC1. The Balaban J connectivity index is 1.60. The Labute approximate surface area is 136 Å². The first-order chi connectivity index (χ1) is 11.2. The van der Waals surface area contributed by atoms with Crippen molar-refractivity contribution in [2.45, 2.75) is 25.7 Å². The van der Waals surface area contributed by atoms with Crippen LogP contribution in [0.3, 0.4) is 0 Å². The second kappa shape index (κ2) is 7.02. The van der Waals surface area contributed by atoms with Crippen LogP contribution < -0.4 is 4.90 Å². The number of nitrogens with zero attached hydrogens (tertiary/aromatic N) is 2. The maximum absolute atomic E-state index is 12.8. The van der Waals surface area contributed by atoms with Gasteiger partial charge >= 0.3 is 5.97 Å². The molecule has 0 bridgehead atoms. The molecule has 1 saturated carbocycles. The highest BCUT2D eigenvalue weighted by molar-refractivity contribution is 5.85. The zero-order chi connectivity index (χ0) is 16.2. The number of carboxylic acids is 1. The van der Waals surface area contributed by atoms with E-state index >= 15 is 0 Å². The average molecular weight is 316 g/mol. The monoisotopic (exact) mass is 316 g/mol. The van der Waals surface area contributed by atoms with Gasteiger partial charge in [-0.15, -0.1) is 0 Å². The molecule has 0 spiro atoms. The number of carboxylic acid groups (broad SMARTS) is 1. The number of piperazine rings is 1. The number of benzene rings is 1. The number of hydrogen-bond acceptors (Lipinski definition) is 3. The van der Waals surface area contributed by atoms with E-state index in [-0.39, 0.29) is 11.8 Å². The van der Waals surface area contributed by atoms with Crippen molar-refractivity contribution in [2.75, 3.05) is 31.1 Å². The predicted octanol–water partition coefficient (Wildman–Crippen LogP) is 2.23. The standard InChI is InChI=1S/C18H24N2O3/c21-17(15-8-4-5-9-16(15)18(22)23)20-12-10-19(11-13-20)14-6-2-1-3-7-14/h1-3,6-7,15-16H,4-5,8-13H2,(H,22,23)/t15-,16+/m1/s1. The second-order valence-electron chi connectivity index (χ2n) is 6.48. The fraction of sp³-hybridized carbons (Fsp3) is 0.556. The Morgan fingerprint density at radius 2 is 1.52 bits per heavy atom. The van der Waals surface area contributed by atoms with Crippen LogP contribution in [0.4, 0.5) is 5.69 Å². The lowest BCUT2D eigenvalue weighted by Gasteiger charge is -2.39. The summed E-state index contributed by atoms with van der Waals surface area (Å²) in [6.45, 7) is 2.97. The van der Waals surface area contributed by atoms with Gasteiger partial charge in [-0.2, -0.15) is 0 Å². The summed E-state index contributed by atoms with van der Waals surface area (Å²) >= 11 is 0. The van der Waals surface area contributed by atoms with E-state index in [0.29, 0.717) is 25.9 Å². The van der Waals surface area contributed by atoms with E-state index in [0.717, 1.165) is 25.9 Å². The molecule has 1 aromatic rings. The van der Waals surface area contributed by atoms with Crippen molar-refractivity contribution in [1.29, 1.82) is 0 Å². The minimum absolute atomic E-state index is 0.0461. The molecule has 0 radical (unpaired) electrons. The van der Waals surface area contributed by atoms with Crippen molar-refractivity contribution in [3.05, 3.63) is 30.3 Å². The fourth-order valence-corrected chi connectivity index (χ4v) is 3.78. The highest BCUT2D eigenvalue weighted by Gasteiger charge is 2.38. The van der Waals surface area contributed by atoms with Gasteiger partial charge in [0.15, 0.2) is 0 Å². The number of hydrogen-bond donors (Lipinski definition) is 1. The largest absolute Gasteiger partial charge is 0.481 e. The molecule has 5 heteroatoms. The van der Waals surface area contributed by atoms with Gasteiger partial charge in [-0.25, -0.2) is 0 Å². The van der Waals surface area contributed by atoms with Gasteiger partial charge in [0.25, 0.3) is 0 Å². The van der Waals surface area contributed by atoms with Crippen LogP contribution in [0.5, 0.6) is 0 Å². The highest BCUT2D eigenvalue weighted by atomic mass is 16.4. The first-order valence-corrected chi connectivity index (χ1v) is 8.48. The molecule has 1 amide bonds. The third-order valence-corrected chi connectivity index (χ3v) is 5.11. The maximum atomic E-state index is 12.8. The van der Waals surface area contributed by atoms with Crippen LogP contribution in [0.25, 0.3) is 0 Å². The summed E-state index contributed by atoms with van der Waals surface area (Å²) < 4.78 is 0. The van der Waals surface area contributed by atoms with Gasteiger partial charge in [0.1, 0.15) is 0 Å². The quantitative estimate of drug-likeness (QED) is 0.929. The summed E-state index contributed by atoms with van der Waals surface area (Å²) in [5, 5.41) is 9.37. The zero-order valence-electron chi connectivity index (χ0n) is 13.4. The van der Waals surface area contributed by atoms with Gasteiger partial charge in [0.05, 0.1) is 11.8 Å². The molecule has 2 aliphatic rings. The van der Waals surface area contributed by atoms with Crippen LogP contribution in [0, 0.1) is 11.8 Å². The zero-order valence-corrected chi connectivity index (χ0v) is 13.4. The topological polar surface area (TPSA) is 60.9 Å². The lowest BCUT2D eigenvalue weighted by atomic mass is 9.78. The first kappa shape index (κ1) is 15.8. The molecule has 3 rings (SSSR count). The van der Waals surface area contributed by atoms with E-state index in [1.165, 1.54) is 5.69 Å². The van der Waals surface area contributed by atoms with Crippen molar-refractivity contribution < 1.29 is 14.7 Å². The number of amides is 1. The van der Waals surface area contributed by atoms with Gasteiger partial charge in [-0.3, -0.25) is 9.59 Å². The molecule has 124 valence electrons. The molecule has 5 nitrogen and oxygen atoms in total. The van der Waals surface area contributed by atoms with Gasteiger partial charge in [0, 0.05) is 31.9 Å². The average Bonchev–Trinajstić information content (AvgIpc) is 2.62. The lowest BCUT2D eigenvalue weighted by Crippen LogP contribution is -2.52. The highest BCUT2D eigenvalue weighted by Crippen LogP contribution is 2.32. The Hall–Kier alpha value is -2.04. The van der Waals surface area contributed by atoms with Crippen molar-refractivity contribution in [3.63, 3.8) is 0 Å². The molecule has 1 N–H and O–H groups in total. The lowest BCUT2D eigenvalue weighted by molar-refractivity contribution is -0.152. The van der Waals surface area contributed by atoms with Crippen LogP contribution in [0.1, 0.15) is 25.7 Å². The van der Waals surface area contributed by atoms with Crippen LogP contribution >= 0.6 is 0 Å². The summed E-state index contributed by atoms with van der Waals surface area (Å²) in [6.07, 6.45) is 3.23. The molecule has 1 aliphatic heterocycles. The van der Waals surface area contributed by atoms with Crippen molar-refractivity contribution in [1.82, 2.24) is 4.90 Å². The minimum Gasteiger partial charge on any atom is -0.481 e. The fourth-order valence-electron chi connectivity index (χ4n) is 3.78. The Morgan fingerprint density at radius 1 is 0.913 bits per heavy atom. The Kier molecular flexibility index (Phi) is 4.84. The number of carbonyl (C=O) groups excluding carboxylic acids is 1. The number of para-hydroxylation sites is 1. The number of aliphatic carboxylic acids is 1. The van der Waals surface area contributed by atoms with Gasteiger partial charge in [0.2, 0.25) is 5.91 Å². The third-order valence-electron chi connectivity index (χ3n) is 5.11.